The molecule has 4 aromatic carbocycles. The topological polar surface area (TPSA) is 54.0 Å². The van der Waals surface area contributed by atoms with Crippen molar-refractivity contribution in [3.05, 3.63) is 119 Å². The fraction of sp³-hybridized carbons (Fsp3) is 0.419. The largest absolute Gasteiger partial charge is 0.544 e. The monoisotopic (exact) mass is 710 g/mol. The fourth-order valence-corrected chi connectivity index (χ4v) is 11.9. The lowest BCUT2D eigenvalue weighted by molar-refractivity contribution is 0.152. The van der Waals surface area contributed by atoms with E-state index >= 15 is 0 Å². The summed E-state index contributed by atoms with van der Waals surface area (Å²) in [7, 11) is -3.44. The molecule has 0 heterocycles. The highest BCUT2D eigenvalue weighted by Crippen LogP contribution is 2.36. The minimum atomic E-state index is -1.72. The molecule has 5 nitrogen and oxygen atoms in total. The van der Waals surface area contributed by atoms with Crippen molar-refractivity contribution in [1.82, 2.24) is 0 Å². The van der Waals surface area contributed by atoms with Gasteiger partial charge < -0.3 is 18.3 Å². The molecule has 0 aliphatic heterocycles. The van der Waals surface area contributed by atoms with Crippen LogP contribution in [-0.4, -0.2) is 22.8 Å². The third-order valence-corrected chi connectivity index (χ3v) is 20.3. The van der Waals surface area contributed by atoms with Crippen molar-refractivity contribution in [2.75, 3.05) is 0 Å². The highest BCUT2D eigenvalue weighted by Gasteiger charge is 2.32. The highest BCUT2D eigenvalue weighted by molar-refractivity contribution is 6.74. The van der Waals surface area contributed by atoms with Gasteiger partial charge in [0.05, 0.1) is 0 Å². The Morgan fingerprint density at radius 1 is 0.420 bits per heavy atom. The Balaban J connectivity index is 1.35. The van der Waals surface area contributed by atoms with Crippen LogP contribution in [0.1, 0.15) is 91.5 Å². The zero-order chi connectivity index (χ0) is 36.6. The van der Waals surface area contributed by atoms with E-state index in [2.05, 4.69) is 118 Å². The summed E-state index contributed by atoms with van der Waals surface area (Å²) < 4.78 is 24.2. The van der Waals surface area contributed by atoms with Crippen LogP contribution < -0.4 is 18.3 Å². The van der Waals surface area contributed by atoms with Crippen LogP contribution in [0.2, 0.25) is 36.3 Å². The van der Waals surface area contributed by atoms with Gasteiger partial charge in [-0.25, -0.2) is 4.79 Å². The Hall–Kier alpha value is -3.82. The van der Waals surface area contributed by atoms with Crippen molar-refractivity contribution < 1.29 is 23.1 Å². The van der Waals surface area contributed by atoms with Crippen molar-refractivity contribution in [3.8, 4) is 23.0 Å². The first-order valence-electron chi connectivity index (χ1n) is 18.5. The summed E-state index contributed by atoms with van der Waals surface area (Å²) in [6, 6.07) is 39.0. The second-order valence-corrected chi connectivity index (χ2v) is 23.9. The fourth-order valence-electron chi connectivity index (χ4n) is 6.74. The van der Waals surface area contributed by atoms with Crippen LogP contribution in [0.4, 0.5) is 4.79 Å². The maximum absolute atomic E-state index is 12.7. The molecule has 0 aliphatic carbocycles. The maximum atomic E-state index is 12.7. The van der Waals surface area contributed by atoms with E-state index in [1.54, 1.807) is 0 Å². The molecule has 50 heavy (non-hydrogen) atoms. The summed E-state index contributed by atoms with van der Waals surface area (Å²) in [4.78, 5) is 12.7. The summed E-state index contributed by atoms with van der Waals surface area (Å²) in [5, 5.41) is 0. The SMILES string of the molecule is CC[Si](CC)(CC)Oc1ccc(C(C)(C)c2ccc(OC(=O)Oc3ccc(C(C)(C)c4ccc(O[Si](CC)(CC)CC)cc4)cc3)cc2)cc1. The molecule has 4 rings (SSSR count). The van der Waals surface area contributed by atoms with E-state index in [0.717, 1.165) is 58.9 Å². The normalized spacial score (nSPS) is 12.4. The second-order valence-electron chi connectivity index (χ2n) is 14.5. The van der Waals surface area contributed by atoms with E-state index in [1.165, 1.54) is 11.1 Å². The zero-order valence-electron chi connectivity index (χ0n) is 32.0. The molecular weight excluding hydrogens is 653 g/mol. The lowest BCUT2D eigenvalue weighted by Crippen LogP contribution is -2.39. The van der Waals surface area contributed by atoms with E-state index < -0.39 is 22.8 Å². The summed E-state index contributed by atoms with van der Waals surface area (Å²) >= 11 is 0. The van der Waals surface area contributed by atoms with Gasteiger partial charge in [0.15, 0.2) is 0 Å². The number of benzene rings is 4. The molecule has 0 saturated carbocycles. The van der Waals surface area contributed by atoms with E-state index in [0.29, 0.717) is 11.5 Å². The maximum Gasteiger partial charge on any atom is 0.519 e. The van der Waals surface area contributed by atoms with Crippen LogP contribution in [0.5, 0.6) is 23.0 Å². The van der Waals surface area contributed by atoms with Gasteiger partial charge in [0.1, 0.15) is 23.0 Å². The van der Waals surface area contributed by atoms with Gasteiger partial charge in [-0.2, -0.15) is 0 Å². The van der Waals surface area contributed by atoms with E-state index in [4.69, 9.17) is 18.3 Å². The summed E-state index contributed by atoms with van der Waals surface area (Å²) in [6.45, 7) is 22.3. The lowest BCUT2D eigenvalue weighted by atomic mass is 9.78. The summed E-state index contributed by atoms with van der Waals surface area (Å²) in [5.41, 5.74) is 4.12. The quantitative estimate of drug-likeness (QED) is 0.0658. The first-order chi connectivity index (χ1) is 23.8. The minimum Gasteiger partial charge on any atom is -0.544 e. The molecule has 0 saturated heterocycles. The van der Waals surface area contributed by atoms with Crippen LogP contribution in [0.25, 0.3) is 0 Å². The number of carbonyl (C=O) groups is 1. The Bertz CT molecular complexity index is 1510. The molecule has 0 bridgehead atoms. The molecule has 4 aromatic rings. The average molecular weight is 711 g/mol. The predicted octanol–water partition coefficient (Wildman–Crippen LogP) is 12.7. The summed E-state index contributed by atoms with van der Waals surface area (Å²) in [5.74, 6) is 2.78. The zero-order valence-corrected chi connectivity index (χ0v) is 34.0. The van der Waals surface area contributed by atoms with Crippen LogP contribution in [-0.2, 0) is 10.8 Å². The Morgan fingerprint density at radius 3 is 0.860 bits per heavy atom. The van der Waals surface area contributed by atoms with Crippen molar-refractivity contribution in [1.29, 1.82) is 0 Å². The number of hydrogen-bond acceptors (Lipinski definition) is 5. The molecule has 0 aromatic heterocycles. The molecule has 0 aliphatic rings. The molecule has 0 amide bonds. The molecule has 7 heteroatoms. The first kappa shape index (κ1) is 39.0. The van der Waals surface area contributed by atoms with Crippen molar-refractivity contribution in [2.24, 2.45) is 0 Å². The number of carbonyl (C=O) groups excluding carboxylic acids is 1. The molecular formula is C43H58O5Si2. The first-order valence-corrected chi connectivity index (χ1v) is 23.5. The van der Waals surface area contributed by atoms with Gasteiger partial charge in [-0.1, -0.05) is 118 Å². The second kappa shape index (κ2) is 16.5. The molecule has 0 atom stereocenters. The lowest BCUT2D eigenvalue weighted by Gasteiger charge is -2.30. The van der Waals surface area contributed by atoms with Gasteiger partial charge in [-0.3, -0.25) is 0 Å². The van der Waals surface area contributed by atoms with Crippen molar-refractivity contribution in [2.45, 2.75) is 116 Å². The van der Waals surface area contributed by atoms with Crippen molar-refractivity contribution in [3.63, 3.8) is 0 Å². The predicted molar refractivity (Wildman–Crippen MR) is 212 cm³/mol. The van der Waals surface area contributed by atoms with Crippen LogP contribution in [0.3, 0.4) is 0 Å². The molecule has 0 fully saturated rings. The van der Waals surface area contributed by atoms with E-state index in [9.17, 15) is 4.79 Å². The van der Waals surface area contributed by atoms with Gasteiger partial charge in [0.2, 0.25) is 16.6 Å². The summed E-state index contributed by atoms with van der Waals surface area (Å²) in [6.07, 6.45) is -0.771. The molecule has 0 N–H and O–H groups in total. The number of hydrogen-bond donors (Lipinski definition) is 0. The van der Waals surface area contributed by atoms with Crippen LogP contribution >= 0.6 is 0 Å². The number of rotatable bonds is 16. The van der Waals surface area contributed by atoms with Gasteiger partial charge in [-0.05, 0) is 107 Å². The van der Waals surface area contributed by atoms with Gasteiger partial charge >= 0.3 is 6.16 Å². The van der Waals surface area contributed by atoms with E-state index in [-0.39, 0.29) is 10.8 Å². The molecule has 0 radical (unpaired) electrons. The molecule has 0 spiro atoms. The smallest absolute Gasteiger partial charge is 0.519 e. The standard InChI is InChI=1S/C43H58O5Si2/c1-11-49(12-2,13-3)47-39-29-21-35(22-30-39)42(7,8)33-17-25-37(26-18-33)45-41(44)46-38-27-19-34(20-28-38)43(9,10)36-23-31-40(32-24-36)48-50(14-4,15-5)16-6/h17-32H,11-16H2,1-10H3. The molecule has 268 valence electrons. The van der Waals surface area contributed by atoms with Crippen LogP contribution in [0, 0.1) is 0 Å². The van der Waals surface area contributed by atoms with Gasteiger partial charge in [0, 0.05) is 10.8 Å². The average Bonchev–Trinajstić information content (AvgIpc) is 3.14. The van der Waals surface area contributed by atoms with Gasteiger partial charge in [-0.15, -0.1) is 0 Å². The number of ether oxygens (including phenoxy) is 2. The minimum absolute atomic E-state index is 0.246. The van der Waals surface area contributed by atoms with Crippen molar-refractivity contribution >= 4 is 22.8 Å². The Labute approximate surface area is 303 Å². The molecule has 0 unspecified atom stereocenters. The third kappa shape index (κ3) is 8.91. The van der Waals surface area contributed by atoms with Crippen LogP contribution in [0.15, 0.2) is 97.1 Å². The van der Waals surface area contributed by atoms with E-state index in [1.807, 2.05) is 48.5 Å². The van der Waals surface area contributed by atoms with Gasteiger partial charge in [0.25, 0.3) is 0 Å². The Morgan fingerprint density at radius 2 is 0.640 bits per heavy atom. The third-order valence-electron chi connectivity index (χ3n) is 11.2. The Kier molecular flexibility index (Phi) is 12.8. The highest BCUT2D eigenvalue weighted by atomic mass is 28.4.